The van der Waals surface area contributed by atoms with Crippen molar-refractivity contribution in [2.24, 2.45) is 7.05 Å². The molecular formula is C10H10BrFN4O2S. The molecule has 0 saturated carbocycles. The Morgan fingerprint density at radius 3 is 2.58 bits per heavy atom. The Bertz CT molecular complexity index is 689. The maximum atomic E-state index is 13.2. The molecule has 0 fully saturated rings. The Morgan fingerprint density at radius 2 is 2.05 bits per heavy atom. The number of rotatable bonds is 3. The van der Waals surface area contributed by atoms with Crippen molar-refractivity contribution in [3.05, 3.63) is 34.2 Å². The van der Waals surface area contributed by atoms with E-state index in [4.69, 9.17) is 0 Å². The maximum Gasteiger partial charge on any atom is 0.281 e. The van der Waals surface area contributed by atoms with Crippen LogP contribution in [0.5, 0.6) is 0 Å². The van der Waals surface area contributed by atoms with Crippen LogP contribution in [0, 0.1) is 12.7 Å². The summed E-state index contributed by atoms with van der Waals surface area (Å²) in [5.74, 6) is -0.514. The molecule has 102 valence electrons. The fourth-order valence-electron chi connectivity index (χ4n) is 1.61. The minimum Gasteiger partial charge on any atom is -0.278 e. The summed E-state index contributed by atoms with van der Waals surface area (Å²) in [4.78, 5) is 0. The van der Waals surface area contributed by atoms with E-state index in [1.165, 1.54) is 19.2 Å². The first-order valence-electron chi connectivity index (χ1n) is 5.15. The van der Waals surface area contributed by atoms with Gasteiger partial charge < -0.3 is 0 Å². The zero-order valence-corrected chi connectivity index (χ0v) is 12.5. The third-order valence-corrected chi connectivity index (χ3v) is 4.55. The summed E-state index contributed by atoms with van der Waals surface area (Å²) >= 11 is 3.01. The van der Waals surface area contributed by atoms with E-state index in [0.29, 0.717) is 5.56 Å². The van der Waals surface area contributed by atoms with Gasteiger partial charge >= 0.3 is 0 Å². The second kappa shape index (κ2) is 4.89. The molecule has 0 saturated heterocycles. The van der Waals surface area contributed by atoms with Gasteiger partial charge in [0.05, 0.1) is 5.69 Å². The largest absolute Gasteiger partial charge is 0.281 e. The van der Waals surface area contributed by atoms with E-state index < -0.39 is 15.8 Å². The van der Waals surface area contributed by atoms with Gasteiger partial charge in [-0.1, -0.05) is 5.21 Å². The van der Waals surface area contributed by atoms with Gasteiger partial charge in [0.25, 0.3) is 10.0 Å². The molecule has 0 amide bonds. The third kappa shape index (κ3) is 2.92. The Morgan fingerprint density at radius 1 is 1.37 bits per heavy atom. The molecular weight excluding hydrogens is 339 g/mol. The predicted octanol–water partition coefficient (Wildman–Crippen LogP) is 1.83. The average molecular weight is 349 g/mol. The highest BCUT2D eigenvalue weighted by Gasteiger charge is 2.24. The molecule has 0 aliphatic carbocycles. The summed E-state index contributed by atoms with van der Waals surface area (Å²) < 4.78 is 41.0. The van der Waals surface area contributed by atoms with Gasteiger partial charge in [0.1, 0.15) is 5.82 Å². The van der Waals surface area contributed by atoms with E-state index in [1.807, 2.05) is 0 Å². The molecule has 0 aliphatic rings. The number of hydrogen-bond donors (Lipinski definition) is 1. The zero-order valence-electron chi connectivity index (χ0n) is 10.1. The number of sulfonamides is 1. The molecule has 0 aliphatic heterocycles. The van der Waals surface area contributed by atoms with Crippen LogP contribution in [-0.2, 0) is 17.1 Å². The van der Waals surface area contributed by atoms with Crippen molar-refractivity contribution in [2.45, 2.75) is 11.9 Å². The van der Waals surface area contributed by atoms with Gasteiger partial charge in [0, 0.05) is 7.05 Å². The molecule has 1 N–H and O–H groups in total. The van der Waals surface area contributed by atoms with Crippen LogP contribution in [0.15, 0.2) is 27.8 Å². The van der Waals surface area contributed by atoms with Crippen molar-refractivity contribution in [3.8, 4) is 0 Å². The lowest BCUT2D eigenvalue weighted by Gasteiger charge is -2.08. The van der Waals surface area contributed by atoms with Crippen LogP contribution in [0.1, 0.15) is 5.56 Å². The average Bonchev–Trinajstić information content (AvgIpc) is 2.56. The van der Waals surface area contributed by atoms with Crippen LogP contribution in [0.25, 0.3) is 0 Å². The quantitative estimate of drug-likeness (QED) is 0.917. The van der Waals surface area contributed by atoms with Gasteiger partial charge in [-0.3, -0.25) is 4.72 Å². The summed E-state index contributed by atoms with van der Waals surface area (Å²) in [5, 5.41) is 7.05. The van der Waals surface area contributed by atoms with E-state index >= 15 is 0 Å². The van der Waals surface area contributed by atoms with Crippen LogP contribution in [-0.4, -0.2) is 23.4 Å². The smallest absolute Gasteiger partial charge is 0.278 e. The number of nitrogens with zero attached hydrogens (tertiary/aromatic N) is 3. The molecule has 2 rings (SSSR count). The predicted molar refractivity (Wildman–Crippen MR) is 70.6 cm³/mol. The van der Waals surface area contributed by atoms with Gasteiger partial charge in [-0.2, -0.15) is 8.42 Å². The third-order valence-electron chi connectivity index (χ3n) is 2.29. The maximum absolute atomic E-state index is 13.2. The lowest BCUT2D eigenvalue weighted by molar-refractivity contribution is 0.578. The van der Waals surface area contributed by atoms with E-state index in [2.05, 4.69) is 31.0 Å². The SMILES string of the molecule is Cc1cc(F)cc(NS(=O)(=O)c2c(Br)nnn2C)c1. The van der Waals surface area contributed by atoms with Crippen molar-refractivity contribution in [1.29, 1.82) is 0 Å². The molecule has 0 radical (unpaired) electrons. The number of halogens is 2. The first kappa shape index (κ1) is 13.9. The number of aryl methyl sites for hydroxylation is 2. The number of aromatic nitrogens is 3. The number of anilines is 1. The molecule has 6 nitrogen and oxygen atoms in total. The topological polar surface area (TPSA) is 76.9 Å². The molecule has 0 atom stereocenters. The Hall–Kier alpha value is -1.48. The second-order valence-corrected chi connectivity index (χ2v) is 6.28. The lowest BCUT2D eigenvalue weighted by Crippen LogP contribution is -2.17. The highest BCUT2D eigenvalue weighted by molar-refractivity contribution is 9.10. The normalized spacial score (nSPS) is 11.6. The lowest BCUT2D eigenvalue weighted by atomic mass is 10.2. The molecule has 0 spiro atoms. The zero-order chi connectivity index (χ0) is 14.2. The van der Waals surface area contributed by atoms with E-state index in [1.54, 1.807) is 6.92 Å². The second-order valence-electron chi connectivity index (χ2n) is 3.93. The minimum absolute atomic E-state index is 0.0932. The van der Waals surface area contributed by atoms with Gasteiger partial charge in [0.2, 0.25) is 5.03 Å². The van der Waals surface area contributed by atoms with Crippen molar-refractivity contribution < 1.29 is 12.8 Å². The summed E-state index contributed by atoms with van der Waals surface area (Å²) in [6.45, 7) is 1.67. The molecule has 2 aromatic rings. The number of nitrogens with one attached hydrogen (secondary N) is 1. The van der Waals surface area contributed by atoms with Crippen LogP contribution >= 0.6 is 15.9 Å². The molecule has 9 heteroatoms. The summed E-state index contributed by atoms with van der Waals surface area (Å²) in [6.07, 6.45) is 0. The molecule has 19 heavy (non-hydrogen) atoms. The fraction of sp³-hybridized carbons (Fsp3) is 0.200. The Kier molecular flexibility index (Phi) is 3.59. The Balaban J connectivity index is 2.42. The standard InChI is InChI=1S/C10H10BrFN4O2S/c1-6-3-7(12)5-8(4-6)14-19(17,18)10-9(11)13-15-16(10)2/h3-5,14H,1-2H3. The van der Waals surface area contributed by atoms with Crippen molar-refractivity contribution in [3.63, 3.8) is 0 Å². The van der Waals surface area contributed by atoms with Crippen LogP contribution in [0.4, 0.5) is 10.1 Å². The molecule has 0 unspecified atom stereocenters. The van der Waals surface area contributed by atoms with Crippen LogP contribution in [0.3, 0.4) is 0 Å². The van der Waals surface area contributed by atoms with Crippen molar-refractivity contribution >= 4 is 31.6 Å². The van der Waals surface area contributed by atoms with Gasteiger partial charge in [0.15, 0.2) is 4.60 Å². The van der Waals surface area contributed by atoms with Gasteiger partial charge in [-0.15, -0.1) is 5.10 Å². The van der Waals surface area contributed by atoms with Gasteiger partial charge in [-0.25, -0.2) is 9.07 Å². The Labute approximate surface area is 117 Å². The van der Waals surface area contributed by atoms with Crippen LogP contribution < -0.4 is 4.72 Å². The summed E-state index contributed by atoms with van der Waals surface area (Å²) in [6, 6.07) is 3.93. The molecule has 1 aromatic heterocycles. The molecule has 1 heterocycles. The monoisotopic (exact) mass is 348 g/mol. The van der Waals surface area contributed by atoms with E-state index in [0.717, 1.165) is 10.7 Å². The van der Waals surface area contributed by atoms with Crippen LogP contribution in [0.2, 0.25) is 0 Å². The summed E-state index contributed by atoms with van der Waals surface area (Å²) in [5.41, 5.74) is 0.755. The molecule has 0 bridgehead atoms. The van der Waals surface area contributed by atoms with Gasteiger partial charge in [-0.05, 0) is 46.6 Å². The van der Waals surface area contributed by atoms with Crippen molar-refractivity contribution in [1.82, 2.24) is 15.0 Å². The first-order chi connectivity index (χ1) is 8.79. The van der Waals surface area contributed by atoms with Crippen molar-refractivity contribution in [2.75, 3.05) is 4.72 Å². The van der Waals surface area contributed by atoms with E-state index in [9.17, 15) is 12.8 Å². The number of benzene rings is 1. The summed E-state index contributed by atoms with van der Waals surface area (Å²) in [7, 11) is -2.44. The highest BCUT2D eigenvalue weighted by Crippen LogP contribution is 2.22. The molecule has 1 aromatic carbocycles. The highest BCUT2D eigenvalue weighted by atomic mass is 79.9. The first-order valence-corrected chi connectivity index (χ1v) is 7.42. The van der Waals surface area contributed by atoms with E-state index in [-0.39, 0.29) is 15.3 Å². The minimum atomic E-state index is -3.89. The fourth-order valence-corrected chi connectivity index (χ4v) is 3.75. The number of hydrogen-bond acceptors (Lipinski definition) is 4.